The molecule has 86 valence electrons. The minimum absolute atomic E-state index is 0.294. The fourth-order valence-corrected chi connectivity index (χ4v) is 2.57. The molecule has 0 aliphatic carbocycles. The highest BCUT2D eigenvalue weighted by molar-refractivity contribution is 7.22. The maximum atomic E-state index is 5.73. The monoisotopic (exact) mass is 235 g/mol. The fourth-order valence-electron chi connectivity index (χ4n) is 1.77. The van der Waals surface area contributed by atoms with Gasteiger partial charge in [0, 0.05) is 6.04 Å². The van der Waals surface area contributed by atoms with Crippen molar-refractivity contribution in [1.29, 1.82) is 0 Å². The summed E-state index contributed by atoms with van der Waals surface area (Å²) in [5.41, 5.74) is 13.7. The molecule has 1 unspecified atom stereocenters. The highest BCUT2D eigenvalue weighted by Gasteiger charge is 2.02. The first-order chi connectivity index (χ1) is 7.65. The van der Waals surface area contributed by atoms with Gasteiger partial charge in [0.25, 0.3) is 0 Å². The van der Waals surface area contributed by atoms with Gasteiger partial charge in [0.1, 0.15) is 0 Å². The summed E-state index contributed by atoms with van der Waals surface area (Å²) in [6.07, 6.45) is 3.29. The lowest BCUT2D eigenvalue weighted by atomic mass is 10.1. The largest absolute Gasteiger partial charge is 0.375 e. The number of hydrogen-bond donors (Lipinski definition) is 2. The molecule has 0 fully saturated rings. The standard InChI is InChI=1S/C12H17N3S/c1-8(13)3-2-4-9-5-6-10-11(7-9)16-12(14)15-10/h5-8H,2-4,13H2,1H3,(H2,14,15). The molecule has 0 aliphatic heterocycles. The normalized spacial score (nSPS) is 13.1. The third-order valence-corrected chi connectivity index (χ3v) is 3.44. The zero-order chi connectivity index (χ0) is 11.5. The number of hydrogen-bond acceptors (Lipinski definition) is 4. The number of fused-ring (bicyclic) bond motifs is 1. The van der Waals surface area contributed by atoms with Crippen LogP contribution >= 0.6 is 11.3 Å². The lowest BCUT2D eigenvalue weighted by Crippen LogP contribution is -2.14. The van der Waals surface area contributed by atoms with Crippen LogP contribution in [0.25, 0.3) is 10.2 Å². The molecule has 0 saturated carbocycles. The number of benzene rings is 1. The van der Waals surface area contributed by atoms with Crippen molar-refractivity contribution in [3.05, 3.63) is 23.8 Å². The van der Waals surface area contributed by atoms with Crippen molar-refractivity contribution in [2.24, 2.45) is 5.73 Å². The highest BCUT2D eigenvalue weighted by Crippen LogP contribution is 2.25. The van der Waals surface area contributed by atoms with Crippen molar-refractivity contribution in [3.8, 4) is 0 Å². The molecule has 16 heavy (non-hydrogen) atoms. The second-order valence-corrected chi connectivity index (χ2v) is 5.29. The summed E-state index contributed by atoms with van der Waals surface area (Å²) in [7, 11) is 0. The molecule has 2 aromatic rings. The number of thiazole rings is 1. The van der Waals surface area contributed by atoms with Gasteiger partial charge in [-0.1, -0.05) is 17.4 Å². The van der Waals surface area contributed by atoms with E-state index < -0.39 is 0 Å². The molecular weight excluding hydrogens is 218 g/mol. The maximum Gasteiger partial charge on any atom is 0.181 e. The number of nitrogens with zero attached hydrogens (tertiary/aromatic N) is 1. The van der Waals surface area contributed by atoms with Gasteiger partial charge in [-0.15, -0.1) is 0 Å². The summed E-state index contributed by atoms with van der Waals surface area (Å²) >= 11 is 1.55. The van der Waals surface area contributed by atoms with Crippen molar-refractivity contribution in [2.45, 2.75) is 32.2 Å². The van der Waals surface area contributed by atoms with Crippen LogP contribution in [0.2, 0.25) is 0 Å². The van der Waals surface area contributed by atoms with E-state index in [4.69, 9.17) is 11.5 Å². The van der Waals surface area contributed by atoms with E-state index in [-0.39, 0.29) is 0 Å². The zero-order valence-electron chi connectivity index (χ0n) is 9.44. The third-order valence-electron chi connectivity index (χ3n) is 2.59. The molecule has 0 aliphatic rings. The Labute approximate surface area is 99.5 Å². The number of rotatable bonds is 4. The van der Waals surface area contributed by atoms with E-state index in [0.29, 0.717) is 11.2 Å². The van der Waals surface area contributed by atoms with E-state index in [1.807, 2.05) is 13.0 Å². The quantitative estimate of drug-likeness (QED) is 0.856. The fraction of sp³-hybridized carbons (Fsp3) is 0.417. The van der Waals surface area contributed by atoms with Crippen LogP contribution in [-0.2, 0) is 6.42 Å². The summed E-state index contributed by atoms with van der Waals surface area (Å²) in [5.74, 6) is 0. The van der Waals surface area contributed by atoms with Crippen LogP contribution < -0.4 is 11.5 Å². The molecule has 1 heterocycles. The van der Waals surface area contributed by atoms with E-state index in [9.17, 15) is 0 Å². The lowest BCUT2D eigenvalue weighted by molar-refractivity contribution is 0.624. The van der Waals surface area contributed by atoms with E-state index in [1.165, 1.54) is 10.3 Å². The van der Waals surface area contributed by atoms with E-state index in [2.05, 4.69) is 17.1 Å². The van der Waals surface area contributed by atoms with Gasteiger partial charge < -0.3 is 11.5 Å². The SMILES string of the molecule is CC(N)CCCc1ccc2nc(N)sc2c1. The zero-order valence-corrected chi connectivity index (χ0v) is 10.3. The van der Waals surface area contributed by atoms with Gasteiger partial charge in [0.2, 0.25) is 0 Å². The topological polar surface area (TPSA) is 64.9 Å². The molecule has 4 heteroatoms. The van der Waals surface area contributed by atoms with Gasteiger partial charge in [-0.2, -0.15) is 0 Å². The smallest absolute Gasteiger partial charge is 0.181 e. The van der Waals surface area contributed by atoms with Gasteiger partial charge in [-0.25, -0.2) is 4.98 Å². The van der Waals surface area contributed by atoms with Gasteiger partial charge >= 0.3 is 0 Å². The minimum atomic E-state index is 0.294. The van der Waals surface area contributed by atoms with Crippen LogP contribution in [0.3, 0.4) is 0 Å². The summed E-state index contributed by atoms with van der Waals surface area (Å²) in [5, 5.41) is 0.641. The lowest BCUT2D eigenvalue weighted by Gasteiger charge is -2.04. The Morgan fingerprint density at radius 2 is 2.25 bits per heavy atom. The molecule has 0 bridgehead atoms. The summed E-state index contributed by atoms with van der Waals surface area (Å²) in [6.45, 7) is 2.05. The number of anilines is 1. The van der Waals surface area contributed by atoms with Crippen LogP contribution in [0.15, 0.2) is 18.2 Å². The van der Waals surface area contributed by atoms with Gasteiger partial charge in [-0.05, 0) is 43.9 Å². The minimum Gasteiger partial charge on any atom is -0.375 e. The Morgan fingerprint density at radius 3 is 3.00 bits per heavy atom. The number of aromatic nitrogens is 1. The first kappa shape index (κ1) is 11.4. The first-order valence-electron chi connectivity index (χ1n) is 5.55. The van der Waals surface area contributed by atoms with Crippen LogP contribution in [0.5, 0.6) is 0 Å². The third kappa shape index (κ3) is 2.71. The van der Waals surface area contributed by atoms with Crippen LogP contribution in [-0.4, -0.2) is 11.0 Å². The molecule has 0 amide bonds. The molecule has 3 nitrogen and oxygen atoms in total. The Morgan fingerprint density at radius 1 is 1.44 bits per heavy atom. The van der Waals surface area contributed by atoms with Crippen molar-refractivity contribution in [1.82, 2.24) is 4.98 Å². The Balaban J connectivity index is 2.07. The Kier molecular flexibility index (Phi) is 3.41. The van der Waals surface area contributed by atoms with Gasteiger partial charge in [0.15, 0.2) is 5.13 Å². The summed E-state index contributed by atoms with van der Waals surface area (Å²) < 4.78 is 1.18. The Bertz CT molecular complexity index is 476. The molecule has 1 atom stereocenters. The maximum absolute atomic E-state index is 5.73. The molecule has 0 radical (unpaired) electrons. The molecular formula is C12H17N3S. The molecule has 1 aromatic carbocycles. The molecule has 0 spiro atoms. The van der Waals surface area contributed by atoms with Gasteiger partial charge in [0.05, 0.1) is 10.2 Å². The summed E-state index contributed by atoms with van der Waals surface area (Å²) in [6, 6.07) is 6.65. The van der Waals surface area contributed by atoms with E-state index in [1.54, 1.807) is 11.3 Å². The number of aryl methyl sites for hydroxylation is 1. The van der Waals surface area contributed by atoms with Crippen LogP contribution in [0.1, 0.15) is 25.3 Å². The number of nitrogens with two attached hydrogens (primary N) is 2. The van der Waals surface area contributed by atoms with Gasteiger partial charge in [-0.3, -0.25) is 0 Å². The number of nitrogen functional groups attached to an aromatic ring is 1. The second kappa shape index (κ2) is 4.80. The summed E-state index contributed by atoms with van der Waals surface area (Å²) in [4.78, 5) is 4.24. The van der Waals surface area contributed by atoms with Crippen molar-refractivity contribution in [2.75, 3.05) is 5.73 Å². The van der Waals surface area contributed by atoms with Crippen molar-refractivity contribution >= 4 is 26.7 Å². The van der Waals surface area contributed by atoms with E-state index >= 15 is 0 Å². The Hall–Kier alpha value is -1.13. The molecule has 4 N–H and O–H groups in total. The average Bonchev–Trinajstić information content (AvgIpc) is 2.56. The average molecular weight is 235 g/mol. The van der Waals surface area contributed by atoms with E-state index in [0.717, 1.165) is 24.8 Å². The predicted octanol–water partition coefficient (Wildman–Crippen LogP) is 2.55. The van der Waals surface area contributed by atoms with Crippen molar-refractivity contribution < 1.29 is 0 Å². The first-order valence-corrected chi connectivity index (χ1v) is 6.37. The van der Waals surface area contributed by atoms with Crippen molar-refractivity contribution in [3.63, 3.8) is 0 Å². The molecule has 1 aromatic heterocycles. The molecule has 0 saturated heterocycles. The van der Waals surface area contributed by atoms with Crippen LogP contribution in [0, 0.1) is 0 Å². The highest BCUT2D eigenvalue weighted by atomic mass is 32.1. The van der Waals surface area contributed by atoms with Crippen LogP contribution in [0.4, 0.5) is 5.13 Å². The predicted molar refractivity (Wildman–Crippen MR) is 70.6 cm³/mol. The second-order valence-electron chi connectivity index (χ2n) is 4.22. The molecule has 2 rings (SSSR count).